The van der Waals surface area contributed by atoms with Crippen LogP contribution in [-0.2, 0) is 26.1 Å². The van der Waals surface area contributed by atoms with E-state index in [-0.39, 0.29) is 24.7 Å². The van der Waals surface area contributed by atoms with Gasteiger partial charge in [-0.2, -0.15) is 10.1 Å². The first kappa shape index (κ1) is 28.0. The molecule has 0 saturated heterocycles. The molecule has 0 radical (unpaired) electrons. The van der Waals surface area contributed by atoms with Gasteiger partial charge in [-0.3, -0.25) is 0 Å². The predicted molar refractivity (Wildman–Crippen MR) is 130 cm³/mol. The summed E-state index contributed by atoms with van der Waals surface area (Å²) in [5.74, 6) is 0.176. The Morgan fingerprint density at radius 3 is 1.29 bits per heavy atom. The van der Waals surface area contributed by atoms with Crippen molar-refractivity contribution in [3.05, 3.63) is 58.7 Å². The number of nitrogens with zero attached hydrogens (tertiary/aromatic N) is 2. The standard InChI is InChI=1S/C26H40N2O6/c29-19-23-17-21(7-9-25(23)31)11-15-27(33)13-5-3-1-2-4-6-14-28(34)16-12-22-8-10-26(32)24(18-22)20-30/h7-10,17-18,29-34H,1-6,11-16,19-20H2. The molecule has 0 amide bonds. The van der Waals surface area contributed by atoms with Crippen molar-refractivity contribution in [2.45, 2.75) is 64.6 Å². The fourth-order valence-corrected chi connectivity index (χ4v) is 3.88. The van der Waals surface area contributed by atoms with Crippen LogP contribution in [0.5, 0.6) is 11.5 Å². The Bertz CT molecular complexity index is 779. The molecular formula is C26H40N2O6. The van der Waals surface area contributed by atoms with Gasteiger partial charge in [0, 0.05) is 37.3 Å². The van der Waals surface area contributed by atoms with E-state index in [1.54, 1.807) is 36.4 Å². The second-order valence-electron chi connectivity index (χ2n) is 8.77. The maximum Gasteiger partial charge on any atom is 0.121 e. The lowest BCUT2D eigenvalue weighted by Gasteiger charge is -2.16. The van der Waals surface area contributed by atoms with Crippen molar-refractivity contribution in [1.82, 2.24) is 10.1 Å². The highest BCUT2D eigenvalue weighted by atomic mass is 16.5. The van der Waals surface area contributed by atoms with Gasteiger partial charge in [0.25, 0.3) is 0 Å². The van der Waals surface area contributed by atoms with Crippen LogP contribution in [0.15, 0.2) is 36.4 Å². The van der Waals surface area contributed by atoms with E-state index >= 15 is 0 Å². The highest BCUT2D eigenvalue weighted by molar-refractivity contribution is 5.36. The van der Waals surface area contributed by atoms with Crippen LogP contribution < -0.4 is 0 Å². The molecule has 0 aliphatic carbocycles. The van der Waals surface area contributed by atoms with Gasteiger partial charge in [-0.15, -0.1) is 0 Å². The highest BCUT2D eigenvalue weighted by Crippen LogP contribution is 2.20. The van der Waals surface area contributed by atoms with Gasteiger partial charge < -0.3 is 30.8 Å². The molecule has 6 N–H and O–H groups in total. The van der Waals surface area contributed by atoms with Gasteiger partial charge in [0.1, 0.15) is 11.5 Å². The molecule has 0 atom stereocenters. The molecule has 0 aliphatic heterocycles. The van der Waals surface area contributed by atoms with E-state index in [0.29, 0.717) is 50.1 Å². The van der Waals surface area contributed by atoms with Gasteiger partial charge in [0.15, 0.2) is 0 Å². The van der Waals surface area contributed by atoms with Crippen molar-refractivity contribution in [2.24, 2.45) is 0 Å². The number of rotatable bonds is 17. The molecule has 0 fully saturated rings. The zero-order valence-electron chi connectivity index (χ0n) is 19.9. The van der Waals surface area contributed by atoms with Crippen LogP contribution in [0.4, 0.5) is 0 Å². The number of aromatic hydroxyl groups is 2. The van der Waals surface area contributed by atoms with Crippen molar-refractivity contribution in [1.29, 1.82) is 0 Å². The molecule has 0 heterocycles. The average Bonchev–Trinajstić information content (AvgIpc) is 2.84. The van der Waals surface area contributed by atoms with E-state index < -0.39 is 0 Å². The second kappa shape index (κ2) is 15.7. The highest BCUT2D eigenvalue weighted by Gasteiger charge is 2.06. The Morgan fingerprint density at radius 2 is 0.912 bits per heavy atom. The molecule has 0 spiro atoms. The molecule has 2 rings (SSSR count). The molecule has 8 nitrogen and oxygen atoms in total. The van der Waals surface area contributed by atoms with Crippen LogP contribution in [0.25, 0.3) is 0 Å². The maximum absolute atomic E-state index is 10.0. The third-order valence-corrected chi connectivity index (χ3v) is 6.03. The van der Waals surface area contributed by atoms with Crippen LogP contribution >= 0.6 is 0 Å². The smallest absolute Gasteiger partial charge is 0.121 e. The molecule has 0 aromatic heterocycles. The van der Waals surface area contributed by atoms with E-state index in [0.717, 1.165) is 49.7 Å². The SMILES string of the molecule is OCc1cc(CCN(O)CCCCCCCCN(O)CCc2ccc(O)c(CO)c2)ccc1O. The summed E-state index contributed by atoms with van der Waals surface area (Å²) in [5, 5.41) is 60.4. The predicted octanol–water partition coefficient (Wildman–Crippen LogP) is 3.59. The zero-order chi connectivity index (χ0) is 24.8. The van der Waals surface area contributed by atoms with Crippen molar-refractivity contribution in [3.63, 3.8) is 0 Å². The largest absolute Gasteiger partial charge is 0.508 e. The molecule has 2 aromatic rings. The Morgan fingerprint density at radius 1 is 0.529 bits per heavy atom. The summed E-state index contributed by atoms with van der Waals surface area (Å²) in [5.41, 5.74) is 2.94. The number of benzene rings is 2. The van der Waals surface area contributed by atoms with Crippen molar-refractivity contribution >= 4 is 0 Å². The van der Waals surface area contributed by atoms with Gasteiger partial charge in [-0.25, -0.2) is 0 Å². The van der Waals surface area contributed by atoms with E-state index in [2.05, 4.69) is 0 Å². The van der Waals surface area contributed by atoms with Crippen molar-refractivity contribution in [3.8, 4) is 11.5 Å². The lowest BCUT2D eigenvalue weighted by Crippen LogP contribution is -2.23. The maximum atomic E-state index is 10.0. The van der Waals surface area contributed by atoms with Crippen LogP contribution in [0.1, 0.15) is 60.8 Å². The zero-order valence-corrected chi connectivity index (χ0v) is 19.9. The number of aliphatic hydroxyl groups is 2. The molecule has 8 heteroatoms. The first-order valence-electron chi connectivity index (χ1n) is 12.1. The van der Waals surface area contributed by atoms with E-state index in [9.17, 15) is 30.8 Å². The van der Waals surface area contributed by atoms with Crippen LogP contribution in [0.3, 0.4) is 0 Å². The Kier molecular flexibility index (Phi) is 12.9. The molecule has 0 bridgehead atoms. The topological polar surface area (TPSA) is 128 Å². The Labute approximate surface area is 202 Å². The van der Waals surface area contributed by atoms with Gasteiger partial charge in [-0.1, -0.05) is 37.8 Å². The molecule has 0 aliphatic rings. The number of phenols is 2. The molecular weight excluding hydrogens is 436 g/mol. The monoisotopic (exact) mass is 476 g/mol. The molecule has 2 aromatic carbocycles. The van der Waals surface area contributed by atoms with E-state index in [1.807, 2.05) is 0 Å². The summed E-state index contributed by atoms with van der Waals surface area (Å²) in [6, 6.07) is 10.3. The molecule has 0 saturated carbocycles. The third-order valence-electron chi connectivity index (χ3n) is 6.03. The number of hydrogen-bond acceptors (Lipinski definition) is 8. The average molecular weight is 477 g/mol. The van der Waals surface area contributed by atoms with E-state index in [4.69, 9.17) is 0 Å². The number of hydrogen-bond donors (Lipinski definition) is 6. The van der Waals surface area contributed by atoms with Gasteiger partial charge in [-0.05, 0) is 61.1 Å². The first-order chi connectivity index (χ1) is 16.4. The number of hydroxylamine groups is 4. The minimum absolute atomic E-state index is 0.0882. The fourth-order valence-electron chi connectivity index (χ4n) is 3.88. The summed E-state index contributed by atoms with van der Waals surface area (Å²) in [4.78, 5) is 0. The van der Waals surface area contributed by atoms with Crippen LogP contribution in [-0.4, -0.2) is 67.1 Å². The van der Waals surface area contributed by atoms with Crippen LogP contribution in [0.2, 0.25) is 0 Å². The minimum Gasteiger partial charge on any atom is -0.508 e. The lowest BCUT2D eigenvalue weighted by molar-refractivity contribution is -0.0913. The summed E-state index contributed by atoms with van der Waals surface area (Å²) >= 11 is 0. The van der Waals surface area contributed by atoms with Crippen LogP contribution in [0, 0.1) is 0 Å². The van der Waals surface area contributed by atoms with Crippen molar-refractivity contribution in [2.75, 3.05) is 26.2 Å². The Hall–Kier alpha value is -2.20. The van der Waals surface area contributed by atoms with Crippen molar-refractivity contribution < 1.29 is 30.8 Å². The van der Waals surface area contributed by atoms with Gasteiger partial charge in [0.2, 0.25) is 0 Å². The second-order valence-corrected chi connectivity index (χ2v) is 8.77. The normalized spacial score (nSPS) is 11.6. The van der Waals surface area contributed by atoms with E-state index in [1.165, 1.54) is 10.1 Å². The number of unbranched alkanes of at least 4 members (excludes halogenated alkanes) is 5. The summed E-state index contributed by atoms with van der Waals surface area (Å²) in [6.45, 7) is 1.84. The molecule has 34 heavy (non-hydrogen) atoms. The summed E-state index contributed by atoms with van der Waals surface area (Å²) in [7, 11) is 0. The van der Waals surface area contributed by atoms with Gasteiger partial charge >= 0.3 is 0 Å². The summed E-state index contributed by atoms with van der Waals surface area (Å²) < 4.78 is 0. The summed E-state index contributed by atoms with van der Waals surface area (Å²) in [6.07, 6.45) is 7.41. The fraction of sp³-hybridized carbons (Fsp3) is 0.538. The lowest BCUT2D eigenvalue weighted by atomic mass is 10.1. The van der Waals surface area contributed by atoms with Gasteiger partial charge in [0.05, 0.1) is 13.2 Å². The Balaban J connectivity index is 1.47. The first-order valence-corrected chi connectivity index (χ1v) is 12.1. The third kappa shape index (κ3) is 10.4. The quantitative estimate of drug-likeness (QED) is 0.151. The number of aliphatic hydroxyl groups excluding tert-OH is 2. The molecule has 0 unspecified atom stereocenters. The minimum atomic E-state index is -0.204. The molecule has 190 valence electrons.